The lowest BCUT2D eigenvalue weighted by atomic mass is 10.2. The van der Waals surface area contributed by atoms with Crippen LogP contribution in [0.5, 0.6) is 0 Å². The van der Waals surface area contributed by atoms with Crippen molar-refractivity contribution in [2.24, 2.45) is 0 Å². The van der Waals surface area contributed by atoms with E-state index in [9.17, 15) is 14.4 Å². The first-order valence-corrected chi connectivity index (χ1v) is 9.37. The van der Waals surface area contributed by atoms with E-state index in [1.165, 1.54) is 4.90 Å². The van der Waals surface area contributed by atoms with E-state index in [1.807, 2.05) is 6.07 Å². The lowest BCUT2D eigenvalue weighted by Crippen LogP contribution is -2.41. The molecule has 3 N–H and O–H groups in total. The normalized spacial score (nSPS) is 13.4. The first-order chi connectivity index (χ1) is 13.6. The summed E-state index contributed by atoms with van der Waals surface area (Å²) in [6, 6.07) is 15.7. The minimum atomic E-state index is -0.687. The molecule has 0 bridgehead atoms. The number of rotatable bonds is 6. The molecule has 1 aliphatic rings. The minimum absolute atomic E-state index is 0.154. The van der Waals surface area contributed by atoms with E-state index >= 15 is 0 Å². The number of para-hydroxylation sites is 1. The largest absolute Gasteiger partial charge is 0.399 e. The fraction of sp³-hybridized carbons (Fsp3) is 0.286. The molecule has 1 fully saturated rings. The van der Waals surface area contributed by atoms with Crippen molar-refractivity contribution in [1.82, 2.24) is 10.2 Å². The highest BCUT2D eigenvalue weighted by Crippen LogP contribution is 2.26. The molecular formula is C21H24N4O3. The quantitative estimate of drug-likeness (QED) is 0.455. The van der Waals surface area contributed by atoms with E-state index in [2.05, 4.69) is 5.32 Å². The Hall–Kier alpha value is -3.35. The fourth-order valence-corrected chi connectivity index (χ4v) is 3.17. The van der Waals surface area contributed by atoms with Crippen molar-refractivity contribution in [1.29, 1.82) is 0 Å². The Kier molecular flexibility index (Phi) is 6.26. The molecule has 0 aliphatic carbocycles. The molecule has 1 heterocycles. The average Bonchev–Trinajstić information content (AvgIpc) is 3.12. The van der Waals surface area contributed by atoms with Gasteiger partial charge in [0.05, 0.1) is 0 Å². The summed E-state index contributed by atoms with van der Waals surface area (Å²) in [5.41, 5.74) is 7.46. The molecule has 7 heteroatoms. The van der Waals surface area contributed by atoms with Crippen LogP contribution >= 0.6 is 0 Å². The number of anilines is 3. The van der Waals surface area contributed by atoms with E-state index < -0.39 is 11.8 Å². The van der Waals surface area contributed by atoms with Gasteiger partial charge in [-0.1, -0.05) is 18.2 Å². The van der Waals surface area contributed by atoms with Crippen molar-refractivity contribution in [2.75, 3.05) is 30.3 Å². The Labute approximate surface area is 164 Å². The third-order valence-electron chi connectivity index (χ3n) is 4.62. The van der Waals surface area contributed by atoms with Crippen LogP contribution in [0.15, 0.2) is 54.6 Å². The van der Waals surface area contributed by atoms with Crippen LogP contribution in [0.1, 0.15) is 19.3 Å². The van der Waals surface area contributed by atoms with Gasteiger partial charge >= 0.3 is 11.8 Å². The average molecular weight is 380 g/mol. The summed E-state index contributed by atoms with van der Waals surface area (Å²) in [5.74, 6) is -1.21. The fourth-order valence-electron chi connectivity index (χ4n) is 3.17. The minimum Gasteiger partial charge on any atom is -0.399 e. The summed E-state index contributed by atoms with van der Waals surface area (Å²) in [5, 5.41) is 2.66. The monoisotopic (exact) mass is 380 g/mol. The lowest BCUT2D eigenvalue weighted by Gasteiger charge is -2.22. The van der Waals surface area contributed by atoms with Gasteiger partial charge in [-0.2, -0.15) is 0 Å². The summed E-state index contributed by atoms with van der Waals surface area (Å²) in [6.45, 7) is 1.69. The van der Waals surface area contributed by atoms with E-state index in [0.717, 1.165) is 13.0 Å². The van der Waals surface area contributed by atoms with Gasteiger partial charge in [-0.3, -0.25) is 19.3 Å². The van der Waals surface area contributed by atoms with Crippen LogP contribution in [0.25, 0.3) is 0 Å². The predicted molar refractivity (Wildman–Crippen MR) is 108 cm³/mol. The molecule has 0 atom stereocenters. The van der Waals surface area contributed by atoms with Gasteiger partial charge in [0.2, 0.25) is 5.91 Å². The highest BCUT2D eigenvalue weighted by atomic mass is 16.2. The molecule has 7 nitrogen and oxygen atoms in total. The highest BCUT2D eigenvalue weighted by molar-refractivity contribution is 6.42. The molecule has 0 unspecified atom stereocenters. The van der Waals surface area contributed by atoms with Crippen molar-refractivity contribution >= 4 is 34.8 Å². The van der Waals surface area contributed by atoms with Gasteiger partial charge in [-0.05, 0) is 49.2 Å². The molecule has 2 aromatic rings. The van der Waals surface area contributed by atoms with E-state index in [-0.39, 0.29) is 5.91 Å². The molecule has 1 aliphatic heterocycles. The Balaban J connectivity index is 1.64. The third-order valence-corrected chi connectivity index (χ3v) is 4.62. The molecule has 2 aromatic carbocycles. The van der Waals surface area contributed by atoms with Crippen molar-refractivity contribution in [2.45, 2.75) is 19.3 Å². The summed E-state index contributed by atoms with van der Waals surface area (Å²) in [7, 11) is 0. The first kappa shape index (κ1) is 19.4. The zero-order valence-corrected chi connectivity index (χ0v) is 15.6. The molecule has 146 valence electrons. The SMILES string of the molecule is Nc1ccc(N(C(=O)C(=O)NCCCN2CCCC2=O)c2ccccc2)cc1. The Morgan fingerprint density at radius 3 is 2.36 bits per heavy atom. The maximum Gasteiger partial charge on any atom is 0.320 e. The number of carbonyl (C=O) groups excluding carboxylic acids is 3. The number of nitrogens with one attached hydrogen (secondary N) is 1. The molecular weight excluding hydrogens is 356 g/mol. The first-order valence-electron chi connectivity index (χ1n) is 9.37. The summed E-state index contributed by atoms with van der Waals surface area (Å²) >= 11 is 0. The van der Waals surface area contributed by atoms with Crippen molar-refractivity contribution in [3.63, 3.8) is 0 Å². The number of hydrogen-bond acceptors (Lipinski definition) is 4. The zero-order valence-electron chi connectivity index (χ0n) is 15.6. The van der Waals surface area contributed by atoms with Crippen LogP contribution < -0.4 is 16.0 Å². The second-order valence-corrected chi connectivity index (χ2v) is 6.66. The van der Waals surface area contributed by atoms with Crippen LogP contribution in [0.4, 0.5) is 17.1 Å². The van der Waals surface area contributed by atoms with Gasteiger partial charge in [-0.15, -0.1) is 0 Å². The Morgan fingerprint density at radius 2 is 1.71 bits per heavy atom. The van der Waals surface area contributed by atoms with Gasteiger partial charge < -0.3 is 16.0 Å². The smallest absolute Gasteiger partial charge is 0.320 e. The highest BCUT2D eigenvalue weighted by Gasteiger charge is 2.25. The van der Waals surface area contributed by atoms with Crippen molar-refractivity contribution in [3.05, 3.63) is 54.6 Å². The van der Waals surface area contributed by atoms with Crippen LogP contribution in [0, 0.1) is 0 Å². The standard InChI is InChI=1S/C21H24N4O3/c22-16-9-11-18(12-10-16)25(17-6-2-1-3-7-17)21(28)20(27)23-13-5-15-24-14-4-8-19(24)26/h1-3,6-7,9-12H,4-5,8,13-15,22H2,(H,23,27). The number of nitrogens with zero attached hydrogens (tertiary/aromatic N) is 2. The lowest BCUT2D eigenvalue weighted by molar-refractivity contribution is -0.137. The van der Waals surface area contributed by atoms with Crippen LogP contribution in [-0.2, 0) is 14.4 Å². The molecule has 3 amide bonds. The van der Waals surface area contributed by atoms with Crippen molar-refractivity contribution in [3.8, 4) is 0 Å². The summed E-state index contributed by atoms with van der Waals surface area (Å²) in [6.07, 6.45) is 2.09. The topological polar surface area (TPSA) is 95.7 Å². The molecule has 28 heavy (non-hydrogen) atoms. The maximum atomic E-state index is 12.8. The number of carbonyl (C=O) groups is 3. The van der Waals surface area contributed by atoms with Crippen LogP contribution in [0.2, 0.25) is 0 Å². The van der Waals surface area contributed by atoms with E-state index in [4.69, 9.17) is 5.73 Å². The van der Waals surface area contributed by atoms with Crippen molar-refractivity contribution < 1.29 is 14.4 Å². The van der Waals surface area contributed by atoms with E-state index in [0.29, 0.717) is 43.0 Å². The number of nitrogen functional groups attached to an aromatic ring is 1. The van der Waals surface area contributed by atoms with Gasteiger partial charge in [-0.25, -0.2) is 0 Å². The molecule has 0 saturated carbocycles. The second kappa shape index (κ2) is 9.03. The van der Waals surface area contributed by atoms with E-state index in [1.54, 1.807) is 53.4 Å². The molecule has 0 spiro atoms. The molecule has 0 radical (unpaired) electrons. The summed E-state index contributed by atoms with van der Waals surface area (Å²) in [4.78, 5) is 40.1. The number of likely N-dealkylation sites (tertiary alicyclic amines) is 1. The molecule has 3 rings (SSSR count). The second-order valence-electron chi connectivity index (χ2n) is 6.66. The third kappa shape index (κ3) is 4.68. The number of amides is 3. The number of hydrogen-bond donors (Lipinski definition) is 2. The zero-order chi connectivity index (χ0) is 19.9. The predicted octanol–water partition coefficient (Wildman–Crippen LogP) is 2.06. The van der Waals surface area contributed by atoms with Gasteiger partial charge in [0, 0.05) is 43.1 Å². The number of benzene rings is 2. The molecule has 1 saturated heterocycles. The van der Waals surface area contributed by atoms with Gasteiger partial charge in [0.1, 0.15) is 0 Å². The van der Waals surface area contributed by atoms with Gasteiger partial charge in [0.25, 0.3) is 0 Å². The number of nitrogens with two attached hydrogens (primary N) is 1. The van der Waals surface area contributed by atoms with Crippen LogP contribution in [0.3, 0.4) is 0 Å². The summed E-state index contributed by atoms with van der Waals surface area (Å²) < 4.78 is 0. The maximum absolute atomic E-state index is 12.8. The van der Waals surface area contributed by atoms with Crippen LogP contribution in [-0.4, -0.2) is 42.3 Å². The molecule has 0 aromatic heterocycles. The Morgan fingerprint density at radius 1 is 1.04 bits per heavy atom. The Bertz CT molecular complexity index is 836. The van der Waals surface area contributed by atoms with Gasteiger partial charge in [0.15, 0.2) is 0 Å².